The molecule has 20 heavy (non-hydrogen) atoms. The molecule has 7 heteroatoms. The molecule has 0 aliphatic carbocycles. The van der Waals surface area contributed by atoms with Gasteiger partial charge in [0.2, 0.25) is 5.91 Å². The summed E-state index contributed by atoms with van der Waals surface area (Å²) in [7, 11) is 0. The van der Waals surface area contributed by atoms with Gasteiger partial charge in [-0.3, -0.25) is 9.59 Å². The van der Waals surface area contributed by atoms with Crippen molar-refractivity contribution in [2.75, 3.05) is 13.2 Å². The highest BCUT2D eigenvalue weighted by atomic mass is 79.9. The fourth-order valence-corrected chi connectivity index (χ4v) is 3.65. The number of halogens is 1. The number of amides is 1. The summed E-state index contributed by atoms with van der Waals surface area (Å²) in [5, 5.41) is 11.7. The van der Waals surface area contributed by atoms with E-state index in [-0.39, 0.29) is 19.1 Å². The molecule has 1 fully saturated rings. The largest absolute Gasteiger partial charge is 0.481 e. The summed E-state index contributed by atoms with van der Waals surface area (Å²) in [5.41, 5.74) is 0. The third kappa shape index (κ3) is 4.29. The second kappa shape index (κ2) is 7.19. The van der Waals surface area contributed by atoms with Gasteiger partial charge < -0.3 is 15.2 Å². The van der Waals surface area contributed by atoms with Crippen LogP contribution < -0.4 is 5.32 Å². The smallest absolute Gasteiger partial charge is 0.311 e. The summed E-state index contributed by atoms with van der Waals surface area (Å²) < 4.78 is 6.20. The van der Waals surface area contributed by atoms with E-state index < -0.39 is 17.9 Å². The van der Waals surface area contributed by atoms with E-state index in [2.05, 4.69) is 21.2 Å². The Morgan fingerprint density at radius 3 is 2.90 bits per heavy atom. The fourth-order valence-electron chi connectivity index (χ4n) is 2.13. The lowest BCUT2D eigenvalue weighted by atomic mass is 10.0. The summed E-state index contributed by atoms with van der Waals surface area (Å²) in [4.78, 5) is 24.0. The topological polar surface area (TPSA) is 75.6 Å². The molecular formula is C13H16BrNO4S. The van der Waals surface area contributed by atoms with Crippen LogP contribution in [0.3, 0.4) is 0 Å². The first-order valence-electron chi connectivity index (χ1n) is 6.40. The van der Waals surface area contributed by atoms with Crippen LogP contribution in [0.5, 0.6) is 0 Å². The minimum absolute atomic E-state index is 0.109. The SMILES string of the molecule is O=C(CCCc1ccc(Br)s1)NC1COCC1C(=O)O. The number of hydrogen-bond donors (Lipinski definition) is 2. The van der Waals surface area contributed by atoms with Crippen molar-refractivity contribution in [3.8, 4) is 0 Å². The molecule has 2 atom stereocenters. The third-order valence-electron chi connectivity index (χ3n) is 3.20. The maximum Gasteiger partial charge on any atom is 0.311 e. The van der Waals surface area contributed by atoms with Crippen LogP contribution in [0.4, 0.5) is 0 Å². The van der Waals surface area contributed by atoms with Crippen LogP contribution in [0, 0.1) is 5.92 Å². The highest BCUT2D eigenvalue weighted by Crippen LogP contribution is 2.23. The first kappa shape index (κ1) is 15.5. The monoisotopic (exact) mass is 361 g/mol. The number of carboxylic acid groups (broad SMARTS) is 1. The third-order valence-corrected chi connectivity index (χ3v) is 4.88. The van der Waals surface area contributed by atoms with Gasteiger partial charge in [0, 0.05) is 11.3 Å². The van der Waals surface area contributed by atoms with Crippen molar-refractivity contribution in [1.82, 2.24) is 5.32 Å². The van der Waals surface area contributed by atoms with Gasteiger partial charge in [-0.05, 0) is 40.9 Å². The summed E-state index contributed by atoms with van der Waals surface area (Å²) >= 11 is 5.07. The Balaban J connectivity index is 1.71. The Kier molecular flexibility index (Phi) is 5.56. The van der Waals surface area contributed by atoms with Crippen molar-refractivity contribution in [2.24, 2.45) is 5.92 Å². The molecule has 0 radical (unpaired) electrons. The number of thiophene rings is 1. The van der Waals surface area contributed by atoms with Crippen molar-refractivity contribution in [1.29, 1.82) is 0 Å². The summed E-state index contributed by atoms with van der Waals surface area (Å²) in [6, 6.07) is 3.63. The molecule has 5 nitrogen and oxygen atoms in total. The zero-order valence-electron chi connectivity index (χ0n) is 10.8. The first-order valence-corrected chi connectivity index (χ1v) is 8.01. The fraction of sp³-hybridized carbons (Fsp3) is 0.538. The molecule has 1 aromatic heterocycles. The zero-order valence-corrected chi connectivity index (χ0v) is 13.2. The second-order valence-corrected chi connectivity index (χ2v) is 7.26. The molecule has 0 spiro atoms. The second-order valence-electron chi connectivity index (χ2n) is 4.72. The average Bonchev–Trinajstić information content (AvgIpc) is 2.98. The minimum Gasteiger partial charge on any atom is -0.481 e. The van der Waals surface area contributed by atoms with Gasteiger partial charge in [-0.1, -0.05) is 0 Å². The van der Waals surface area contributed by atoms with Crippen LogP contribution in [0.1, 0.15) is 17.7 Å². The van der Waals surface area contributed by atoms with E-state index in [0.29, 0.717) is 6.42 Å². The van der Waals surface area contributed by atoms with E-state index in [1.54, 1.807) is 11.3 Å². The van der Waals surface area contributed by atoms with Crippen LogP contribution in [0.2, 0.25) is 0 Å². The van der Waals surface area contributed by atoms with Gasteiger partial charge in [0.1, 0.15) is 5.92 Å². The lowest BCUT2D eigenvalue weighted by Gasteiger charge is -2.15. The molecule has 1 amide bonds. The molecule has 110 valence electrons. The molecule has 1 saturated heterocycles. The molecule has 1 aliphatic rings. The lowest BCUT2D eigenvalue weighted by Crippen LogP contribution is -2.42. The molecule has 0 bridgehead atoms. The van der Waals surface area contributed by atoms with E-state index in [9.17, 15) is 9.59 Å². The highest BCUT2D eigenvalue weighted by molar-refractivity contribution is 9.11. The Morgan fingerprint density at radius 2 is 2.25 bits per heavy atom. The van der Waals surface area contributed by atoms with Crippen LogP contribution in [-0.4, -0.2) is 36.2 Å². The van der Waals surface area contributed by atoms with E-state index in [0.717, 1.165) is 16.6 Å². The van der Waals surface area contributed by atoms with Gasteiger partial charge in [0.05, 0.1) is 23.0 Å². The molecule has 0 saturated carbocycles. The molecular weight excluding hydrogens is 346 g/mol. The Morgan fingerprint density at radius 1 is 1.45 bits per heavy atom. The molecule has 1 aromatic rings. The van der Waals surface area contributed by atoms with Crippen LogP contribution in [0.25, 0.3) is 0 Å². The molecule has 1 aliphatic heterocycles. The Hall–Kier alpha value is -0.920. The van der Waals surface area contributed by atoms with Crippen molar-refractivity contribution >= 4 is 39.1 Å². The van der Waals surface area contributed by atoms with Crippen LogP contribution in [-0.2, 0) is 20.7 Å². The number of carbonyl (C=O) groups excluding carboxylic acids is 1. The number of nitrogens with one attached hydrogen (secondary N) is 1. The number of carbonyl (C=O) groups is 2. The normalized spacial score (nSPS) is 21.9. The number of ether oxygens (including phenoxy) is 1. The standard InChI is InChI=1S/C13H16BrNO4S/c14-11-5-4-8(20-11)2-1-3-12(16)15-10-7-19-6-9(10)13(17)18/h4-5,9-10H,1-3,6-7H2,(H,15,16)(H,17,18). The van der Waals surface area contributed by atoms with Gasteiger partial charge in [0.25, 0.3) is 0 Å². The Labute approximate surface area is 129 Å². The number of aryl methyl sites for hydroxylation is 1. The van der Waals surface area contributed by atoms with Crippen molar-refractivity contribution in [3.63, 3.8) is 0 Å². The average molecular weight is 362 g/mol. The summed E-state index contributed by atoms with van der Waals surface area (Å²) in [5.74, 6) is -1.66. The van der Waals surface area contributed by atoms with Gasteiger partial charge in [-0.2, -0.15) is 0 Å². The zero-order chi connectivity index (χ0) is 14.5. The van der Waals surface area contributed by atoms with Crippen LogP contribution in [0.15, 0.2) is 15.9 Å². The number of rotatable bonds is 6. The van der Waals surface area contributed by atoms with E-state index in [1.807, 2.05) is 12.1 Å². The molecule has 0 aromatic carbocycles. The minimum atomic E-state index is -0.920. The van der Waals surface area contributed by atoms with Gasteiger partial charge in [0.15, 0.2) is 0 Å². The van der Waals surface area contributed by atoms with Crippen molar-refractivity contribution in [3.05, 3.63) is 20.8 Å². The van der Waals surface area contributed by atoms with E-state index in [4.69, 9.17) is 9.84 Å². The predicted octanol–water partition coefficient (Wildman–Crippen LogP) is 2.05. The maximum atomic E-state index is 11.8. The van der Waals surface area contributed by atoms with Gasteiger partial charge in [-0.15, -0.1) is 11.3 Å². The number of aliphatic carboxylic acids is 1. The quantitative estimate of drug-likeness (QED) is 0.812. The Bertz CT molecular complexity index is 490. The van der Waals surface area contributed by atoms with Crippen molar-refractivity contribution in [2.45, 2.75) is 25.3 Å². The molecule has 2 N–H and O–H groups in total. The summed E-state index contributed by atoms with van der Waals surface area (Å²) in [6.07, 6.45) is 2.01. The number of carboxylic acids is 1. The molecule has 2 heterocycles. The predicted molar refractivity (Wildman–Crippen MR) is 78.8 cm³/mol. The van der Waals surface area contributed by atoms with E-state index >= 15 is 0 Å². The summed E-state index contributed by atoms with van der Waals surface area (Å²) in [6.45, 7) is 0.448. The first-order chi connectivity index (χ1) is 9.56. The maximum absolute atomic E-state index is 11.8. The van der Waals surface area contributed by atoms with Gasteiger partial charge >= 0.3 is 5.97 Å². The highest BCUT2D eigenvalue weighted by Gasteiger charge is 2.34. The van der Waals surface area contributed by atoms with Crippen LogP contribution >= 0.6 is 27.3 Å². The molecule has 2 rings (SSSR count). The van der Waals surface area contributed by atoms with E-state index in [1.165, 1.54) is 4.88 Å². The number of hydrogen-bond acceptors (Lipinski definition) is 4. The lowest BCUT2D eigenvalue weighted by molar-refractivity contribution is -0.142. The van der Waals surface area contributed by atoms with Crippen molar-refractivity contribution < 1.29 is 19.4 Å². The molecule has 2 unspecified atom stereocenters. The van der Waals surface area contributed by atoms with Gasteiger partial charge in [-0.25, -0.2) is 0 Å².